The molecule has 0 spiro atoms. The van der Waals surface area contributed by atoms with Crippen LogP contribution in [0.2, 0.25) is 0 Å². The second-order valence-electron chi connectivity index (χ2n) is 6.28. The van der Waals surface area contributed by atoms with E-state index in [0.717, 1.165) is 22.4 Å². The van der Waals surface area contributed by atoms with Crippen LogP contribution in [0, 0.1) is 13.8 Å². The van der Waals surface area contributed by atoms with Crippen LogP contribution in [-0.2, 0) is 11.2 Å². The molecule has 26 heavy (non-hydrogen) atoms. The van der Waals surface area contributed by atoms with E-state index in [1.165, 1.54) is 0 Å². The van der Waals surface area contributed by atoms with E-state index in [1.807, 2.05) is 85.4 Å². The molecule has 3 aromatic rings. The van der Waals surface area contributed by atoms with E-state index in [-0.39, 0.29) is 24.4 Å². The van der Waals surface area contributed by atoms with Crippen molar-refractivity contribution < 1.29 is 21.8 Å². The number of hydrogen-bond acceptors (Lipinski definition) is 1. The molecule has 0 bridgehead atoms. The van der Waals surface area contributed by atoms with Crippen molar-refractivity contribution in [3.63, 3.8) is 0 Å². The SMILES string of the molecule is Cc1cccc(C)c1NC(=O)[C@H](Cc1ccccc1)[n+]1ccccc1.[Cl-]. The van der Waals surface area contributed by atoms with E-state index in [2.05, 4.69) is 17.4 Å². The summed E-state index contributed by atoms with van der Waals surface area (Å²) in [5, 5.41) is 3.14. The van der Waals surface area contributed by atoms with Gasteiger partial charge in [0.15, 0.2) is 12.4 Å². The first-order chi connectivity index (χ1) is 12.1. The Balaban J connectivity index is 0.00000243. The summed E-state index contributed by atoms with van der Waals surface area (Å²) >= 11 is 0. The molecule has 4 heteroatoms. The lowest BCUT2D eigenvalue weighted by Crippen LogP contribution is -3.00. The summed E-state index contributed by atoms with van der Waals surface area (Å²) in [4.78, 5) is 13.1. The number of anilines is 1. The van der Waals surface area contributed by atoms with Crippen molar-refractivity contribution in [3.8, 4) is 0 Å². The molecule has 3 rings (SSSR count). The number of rotatable bonds is 5. The molecule has 1 aromatic heterocycles. The summed E-state index contributed by atoms with van der Waals surface area (Å²) in [5.41, 5.74) is 4.19. The zero-order valence-electron chi connectivity index (χ0n) is 15.0. The molecule has 134 valence electrons. The fourth-order valence-electron chi connectivity index (χ4n) is 3.01. The minimum atomic E-state index is -0.303. The van der Waals surface area contributed by atoms with E-state index in [9.17, 15) is 4.79 Å². The Bertz CT molecular complexity index is 830. The van der Waals surface area contributed by atoms with Crippen LogP contribution in [0.25, 0.3) is 0 Å². The molecule has 0 saturated heterocycles. The number of para-hydroxylation sites is 1. The summed E-state index contributed by atoms with van der Waals surface area (Å²) < 4.78 is 1.97. The van der Waals surface area contributed by atoms with Crippen LogP contribution in [0.3, 0.4) is 0 Å². The van der Waals surface area contributed by atoms with Gasteiger partial charge >= 0.3 is 0 Å². The molecule has 2 aromatic carbocycles. The number of carbonyl (C=O) groups is 1. The predicted molar refractivity (Wildman–Crippen MR) is 100 cm³/mol. The van der Waals surface area contributed by atoms with Gasteiger partial charge in [-0.3, -0.25) is 4.79 Å². The lowest BCUT2D eigenvalue weighted by atomic mass is 10.0. The number of nitrogens with one attached hydrogen (secondary N) is 1. The molecule has 0 saturated carbocycles. The van der Waals surface area contributed by atoms with E-state index < -0.39 is 0 Å². The van der Waals surface area contributed by atoms with Crippen LogP contribution >= 0.6 is 0 Å². The Hall–Kier alpha value is -2.65. The summed E-state index contributed by atoms with van der Waals surface area (Å²) in [6, 6.07) is 21.7. The molecular formula is C22H23ClN2O. The molecule has 3 nitrogen and oxygen atoms in total. The number of benzene rings is 2. The van der Waals surface area contributed by atoms with Crippen LogP contribution in [0.4, 0.5) is 5.69 Å². The van der Waals surface area contributed by atoms with Gasteiger partial charge in [0, 0.05) is 24.2 Å². The average Bonchev–Trinajstić information content (AvgIpc) is 2.64. The zero-order chi connectivity index (χ0) is 17.6. The molecule has 1 N–H and O–H groups in total. The van der Waals surface area contributed by atoms with Gasteiger partial charge < -0.3 is 17.7 Å². The Kier molecular flexibility index (Phi) is 6.93. The van der Waals surface area contributed by atoms with Crippen LogP contribution in [-0.4, -0.2) is 5.91 Å². The maximum absolute atomic E-state index is 13.1. The molecule has 1 heterocycles. The van der Waals surface area contributed by atoms with Crippen LogP contribution < -0.4 is 22.3 Å². The number of carbonyl (C=O) groups excluding carboxylic acids is 1. The van der Waals surface area contributed by atoms with Gasteiger partial charge in [-0.15, -0.1) is 0 Å². The first-order valence-electron chi connectivity index (χ1n) is 8.52. The topological polar surface area (TPSA) is 33.0 Å². The molecule has 0 fully saturated rings. The number of halogens is 1. The van der Waals surface area contributed by atoms with Gasteiger partial charge in [0.2, 0.25) is 6.04 Å². The standard InChI is InChI=1S/C22H22N2O.ClH/c1-17-10-9-11-18(2)21(17)23-22(25)20(24-14-7-4-8-15-24)16-19-12-5-3-6-13-19;/h3-15,20H,16H2,1-2H3;1H/t20-;/m0./s1. The second-order valence-corrected chi connectivity index (χ2v) is 6.28. The summed E-state index contributed by atoms with van der Waals surface area (Å²) in [5.74, 6) is -0.00236. The summed E-state index contributed by atoms with van der Waals surface area (Å²) in [6.07, 6.45) is 4.53. The lowest BCUT2D eigenvalue weighted by molar-refractivity contribution is -0.708. The van der Waals surface area contributed by atoms with Crippen molar-refractivity contribution in [2.75, 3.05) is 5.32 Å². The fraction of sp³-hybridized carbons (Fsp3) is 0.182. The Morgan fingerprint density at radius 2 is 1.46 bits per heavy atom. The quantitative estimate of drug-likeness (QED) is 0.672. The predicted octanol–water partition coefficient (Wildman–Crippen LogP) is 1.02. The maximum atomic E-state index is 13.1. The van der Waals surface area contributed by atoms with E-state index in [1.54, 1.807) is 0 Å². The molecular weight excluding hydrogens is 344 g/mol. The van der Waals surface area contributed by atoms with Crippen LogP contribution in [0.5, 0.6) is 0 Å². The van der Waals surface area contributed by atoms with Gasteiger partial charge in [-0.1, -0.05) is 54.6 Å². The molecule has 0 radical (unpaired) electrons. The maximum Gasteiger partial charge on any atom is 0.293 e. The molecule has 1 atom stereocenters. The smallest absolute Gasteiger partial charge is 0.293 e. The first kappa shape index (κ1) is 19.7. The highest BCUT2D eigenvalue weighted by atomic mass is 35.5. The molecule has 0 aliphatic heterocycles. The normalized spacial score (nSPS) is 11.3. The zero-order valence-corrected chi connectivity index (χ0v) is 15.8. The van der Waals surface area contributed by atoms with Gasteiger partial charge in [0.05, 0.1) is 0 Å². The second kappa shape index (κ2) is 9.16. The Labute approximate surface area is 161 Å². The fourth-order valence-corrected chi connectivity index (χ4v) is 3.01. The Morgan fingerprint density at radius 3 is 2.08 bits per heavy atom. The molecule has 1 amide bonds. The van der Waals surface area contributed by atoms with Gasteiger partial charge in [0.1, 0.15) is 0 Å². The molecule has 0 aliphatic rings. The number of pyridine rings is 1. The Morgan fingerprint density at radius 1 is 0.885 bits per heavy atom. The van der Waals surface area contributed by atoms with Gasteiger partial charge in [-0.2, -0.15) is 4.57 Å². The average molecular weight is 367 g/mol. The minimum absolute atomic E-state index is 0. The van der Waals surface area contributed by atoms with Gasteiger partial charge in [-0.25, -0.2) is 0 Å². The van der Waals surface area contributed by atoms with Crippen molar-refractivity contribution in [2.24, 2.45) is 0 Å². The molecule has 0 unspecified atom stereocenters. The van der Waals surface area contributed by atoms with Crippen molar-refractivity contribution in [3.05, 3.63) is 95.8 Å². The van der Waals surface area contributed by atoms with Crippen molar-refractivity contribution in [1.29, 1.82) is 0 Å². The number of hydrogen-bond donors (Lipinski definition) is 1. The number of amides is 1. The number of nitrogens with zero attached hydrogens (tertiary/aromatic N) is 1. The van der Waals surface area contributed by atoms with Crippen molar-refractivity contribution >= 4 is 11.6 Å². The lowest BCUT2D eigenvalue weighted by Gasteiger charge is -2.16. The van der Waals surface area contributed by atoms with Crippen LogP contribution in [0.1, 0.15) is 22.7 Å². The van der Waals surface area contributed by atoms with Crippen molar-refractivity contribution in [1.82, 2.24) is 0 Å². The van der Waals surface area contributed by atoms with Crippen LogP contribution in [0.15, 0.2) is 79.1 Å². The third kappa shape index (κ3) is 4.70. The molecule has 0 aliphatic carbocycles. The van der Waals surface area contributed by atoms with E-state index >= 15 is 0 Å². The third-order valence-corrected chi connectivity index (χ3v) is 4.40. The monoisotopic (exact) mass is 366 g/mol. The highest BCUT2D eigenvalue weighted by Gasteiger charge is 2.28. The van der Waals surface area contributed by atoms with E-state index in [0.29, 0.717) is 6.42 Å². The van der Waals surface area contributed by atoms with Gasteiger partial charge in [-0.05, 0) is 30.5 Å². The van der Waals surface area contributed by atoms with E-state index in [4.69, 9.17) is 0 Å². The summed E-state index contributed by atoms with van der Waals surface area (Å²) in [6.45, 7) is 4.04. The highest BCUT2D eigenvalue weighted by Crippen LogP contribution is 2.21. The number of aryl methyl sites for hydroxylation is 2. The van der Waals surface area contributed by atoms with Gasteiger partial charge in [0.25, 0.3) is 5.91 Å². The van der Waals surface area contributed by atoms with Crippen molar-refractivity contribution in [2.45, 2.75) is 26.3 Å². The summed E-state index contributed by atoms with van der Waals surface area (Å²) in [7, 11) is 0. The largest absolute Gasteiger partial charge is 1.00 e. The highest BCUT2D eigenvalue weighted by molar-refractivity contribution is 5.94. The number of aromatic nitrogens is 1. The third-order valence-electron chi connectivity index (χ3n) is 4.40. The minimum Gasteiger partial charge on any atom is -1.00 e. The first-order valence-corrected chi connectivity index (χ1v) is 8.52.